The van der Waals surface area contributed by atoms with Gasteiger partial charge < -0.3 is 4.42 Å². The van der Waals surface area contributed by atoms with Gasteiger partial charge in [0.15, 0.2) is 0 Å². The van der Waals surface area contributed by atoms with Gasteiger partial charge in [-0.2, -0.15) is 0 Å². The quantitative estimate of drug-likeness (QED) is 0.403. The third-order valence-corrected chi connectivity index (χ3v) is 4.63. The van der Waals surface area contributed by atoms with Crippen molar-refractivity contribution < 1.29 is 4.42 Å². The van der Waals surface area contributed by atoms with Crippen LogP contribution < -0.4 is 5.56 Å². The Morgan fingerprint density at radius 3 is 2.77 bits per heavy atom. The topological polar surface area (TPSA) is 48.0 Å². The van der Waals surface area contributed by atoms with Gasteiger partial charge in [-0.05, 0) is 48.7 Å². The molecule has 0 aliphatic carbocycles. The average molecular weight is 330 g/mol. The zero-order valence-corrected chi connectivity index (χ0v) is 13.4. The van der Waals surface area contributed by atoms with E-state index in [1.807, 2.05) is 24.3 Å². The van der Waals surface area contributed by atoms with Crippen molar-refractivity contribution in [2.24, 2.45) is 0 Å². The molecule has 0 aliphatic rings. The van der Waals surface area contributed by atoms with E-state index in [2.05, 4.69) is 4.98 Å². The summed E-state index contributed by atoms with van der Waals surface area (Å²) >= 11 is 6.93. The van der Waals surface area contributed by atoms with Crippen molar-refractivity contribution in [3.63, 3.8) is 0 Å². The number of nitrogens with zero attached hydrogens (tertiary/aromatic N) is 2. The fourth-order valence-corrected chi connectivity index (χ4v) is 3.24. The van der Waals surface area contributed by atoms with Gasteiger partial charge in [0.2, 0.25) is 0 Å². The Balaban J connectivity index is 1.72. The Morgan fingerprint density at radius 2 is 1.95 bits per heavy atom. The molecule has 0 saturated carbocycles. The van der Waals surface area contributed by atoms with Crippen molar-refractivity contribution in [2.75, 3.05) is 5.75 Å². The molecule has 1 aromatic carbocycles. The van der Waals surface area contributed by atoms with Gasteiger partial charge in [-0.3, -0.25) is 14.3 Å². The number of rotatable bonds is 5. The van der Waals surface area contributed by atoms with Crippen LogP contribution in [0.1, 0.15) is 6.42 Å². The number of pyridine rings is 1. The molecule has 3 aromatic rings. The maximum absolute atomic E-state index is 12.4. The van der Waals surface area contributed by atoms with Crippen LogP contribution in [0.15, 0.2) is 62.9 Å². The average Bonchev–Trinajstić information content (AvgIpc) is 2.55. The van der Waals surface area contributed by atoms with Crippen molar-refractivity contribution in [3.8, 4) is 0 Å². The predicted molar refractivity (Wildman–Crippen MR) is 90.9 cm³/mol. The van der Waals surface area contributed by atoms with Gasteiger partial charge in [0, 0.05) is 23.8 Å². The lowest BCUT2D eigenvalue weighted by Crippen LogP contribution is -2.21. The molecule has 0 amide bonds. The van der Waals surface area contributed by atoms with E-state index in [9.17, 15) is 4.79 Å². The van der Waals surface area contributed by atoms with E-state index in [1.54, 1.807) is 36.3 Å². The van der Waals surface area contributed by atoms with Gasteiger partial charge in [0.05, 0.1) is 5.39 Å². The van der Waals surface area contributed by atoms with Crippen molar-refractivity contribution in [2.45, 2.75) is 17.9 Å². The molecule has 0 aliphatic heterocycles. The first-order valence-electron chi connectivity index (χ1n) is 6.91. The smallest absolute Gasteiger partial charge is 0.271 e. The number of hydrogen-bond donors (Lipinski definition) is 0. The zero-order chi connectivity index (χ0) is 15.4. The standard InChI is InChI=1S/C16H14N2O2S2/c19-15-13-4-1-2-5-14(13)20-16(21)18(15)10-3-11-22-12-6-8-17-9-7-12/h1-2,4-9H,3,10-11H2. The van der Waals surface area contributed by atoms with Crippen molar-refractivity contribution >= 4 is 34.9 Å². The van der Waals surface area contributed by atoms with E-state index in [1.165, 1.54) is 9.46 Å². The van der Waals surface area contributed by atoms with Crippen molar-refractivity contribution in [3.05, 3.63) is 64.0 Å². The molecule has 2 heterocycles. The highest BCUT2D eigenvalue weighted by atomic mass is 32.2. The number of thioether (sulfide) groups is 1. The number of benzene rings is 1. The lowest BCUT2D eigenvalue weighted by Gasteiger charge is -2.06. The van der Waals surface area contributed by atoms with E-state index < -0.39 is 0 Å². The first-order valence-corrected chi connectivity index (χ1v) is 8.30. The Hall–Kier alpha value is -1.92. The second-order valence-electron chi connectivity index (χ2n) is 4.71. The number of aromatic nitrogens is 2. The minimum atomic E-state index is -0.0826. The van der Waals surface area contributed by atoms with E-state index in [0.717, 1.165) is 12.2 Å². The van der Waals surface area contributed by atoms with Crippen LogP contribution in [0.3, 0.4) is 0 Å². The molecule has 0 saturated heterocycles. The van der Waals surface area contributed by atoms with Gasteiger partial charge in [0.1, 0.15) is 5.58 Å². The summed E-state index contributed by atoms with van der Waals surface area (Å²) in [4.78, 5) is 17.8. The molecule has 0 unspecified atom stereocenters. The van der Waals surface area contributed by atoms with Gasteiger partial charge >= 0.3 is 0 Å². The highest BCUT2D eigenvalue weighted by molar-refractivity contribution is 7.99. The molecular weight excluding hydrogens is 316 g/mol. The van der Waals surface area contributed by atoms with E-state index >= 15 is 0 Å². The van der Waals surface area contributed by atoms with Crippen LogP contribution in [-0.2, 0) is 6.54 Å². The summed E-state index contributed by atoms with van der Waals surface area (Å²) in [5.41, 5.74) is 0.459. The maximum atomic E-state index is 12.4. The molecule has 0 spiro atoms. The minimum absolute atomic E-state index is 0.0826. The summed E-state index contributed by atoms with van der Waals surface area (Å²) in [5, 5.41) is 0.567. The fraction of sp³-hybridized carbons (Fsp3) is 0.188. The SMILES string of the molecule is O=c1c2ccccc2oc(=S)n1CCCSc1ccncc1. The molecule has 3 rings (SSSR count). The van der Waals surface area contributed by atoms with Gasteiger partial charge in [-0.15, -0.1) is 11.8 Å². The third-order valence-electron chi connectivity index (χ3n) is 3.22. The van der Waals surface area contributed by atoms with Crippen LogP contribution >= 0.6 is 24.0 Å². The fourth-order valence-electron chi connectivity index (χ4n) is 2.15. The number of fused-ring (bicyclic) bond motifs is 1. The van der Waals surface area contributed by atoms with Crippen molar-refractivity contribution in [1.29, 1.82) is 0 Å². The molecule has 22 heavy (non-hydrogen) atoms. The van der Waals surface area contributed by atoms with Crippen LogP contribution in [0.2, 0.25) is 0 Å². The summed E-state index contributed by atoms with van der Waals surface area (Å²) < 4.78 is 7.08. The Bertz CT molecular complexity index is 888. The first-order chi connectivity index (χ1) is 10.8. The summed E-state index contributed by atoms with van der Waals surface area (Å²) in [6.07, 6.45) is 4.39. The monoisotopic (exact) mass is 330 g/mol. The number of hydrogen-bond acceptors (Lipinski definition) is 5. The van der Waals surface area contributed by atoms with Crippen LogP contribution in [-0.4, -0.2) is 15.3 Å². The van der Waals surface area contributed by atoms with Crippen LogP contribution in [0.5, 0.6) is 0 Å². The molecule has 4 nitrogen and oxygen atoms in total. The predicted octanol–water partition coefficient (Wildman–Crippen LogP) is 3.90. The van der Waals surface area contributed by atoms with Crippen LogP contribution in [0.4, 0.5) is 0 Å². The van der Waals surface area contributed by atoms with E-state index in [4.69, 9.17) is 16.6 Å². The molecule has 2 aromatic heterocycles. The molecule has 6 heteroatoms. The van der Waals surface area contributed by atoms with E-state index in [0.29, 0.717) is 17.5 Å². The first kappa shape index (κ1) is 15.0. The lowest BCUT2D eigenvalue weighted by atomic mass is 10.2. The second kappa shape index (κ2) is 6.89. The molecule has 0 bridgehead atoms. The molecule has 112 valence electrons. The van der Waals surface area contributed by atoms with Crippen LogP contribution in [0, 0.1) is 4.84 Å². The van der Waals surface area contributed by atoms with Gasteiger partial charge in [0.25, 0.3) is 10.4 Å². The summed E-state index contributed by atoms with van der Waals surface area (Å²) in [5.74, 6) is 0.901. The molecule has 0 atom stereocenters. The second-order valence-corrected chi connectivity index (χ2v) is 6.22. The molecule has 0 N–H and O–H groups in total. The Kier molecular flexibility index (Phi) is 4.70. The minimum Gasteiger partial charge on any atom is -0.431 e. The van der Waals surface area contributed by atoms with Gasteiger partial charge in [-0.1, -0.05) is 12.1 Å². The third kappa shape index (κ3) is 3.28. The summed E-state index contributed by atoms with van der Waals surface area (Å²) in [6.45, 7) is 0.560. The van der Waals surface area contributed by atoms with Crippen molar-refractivity contribution in [1.82, 2.24) is 9.55 Å². The lowest BCUT2D eigenvalue weighted by molar-refractivity contribution is 0.482. The molecular formula is C16H14N2O2S2. The highest BCUT2D eigenvalue weighted by Crippen LogP contribution is 2.17. The number of para-hydroxylation sites is 1. The maximum Gasteiger partial charge on any atom is 0.271 e. The Morgan fingerprint density at radius 1 is 1.18 bits per heavy atom. The van der Waals surface area contributed by atoms with E-state index in [-0.39, 0.29) is 10.4 Å². The summed E-state index contributed by atoms with van der Waals surface area (Å²) in [7, 11) is 0. The Labute approximate surface area is 136 Å². The molecule has 0 fully saturated rings. The highest BCUT2D eigenvalue weighted by Gasteiger charge is 2.06. The summed E-state index contributed by atoms with van der Waals surface area (Å²) in [6, 6.07) is 11.1. The normalized spacial score (nSPS) is 10.9. The molecule has 0 radical (unpaired) electrons. The zero-order valence-electron chi connectivity index (χ0n) is 11.8. The largest absolute Gasteiger partial charge is 0.431 e. The van der Waals surface area contributed by atoms with Gasteiger partial charge in [-0.25, -0.2) is 0 Å². The van der Waals surface area contributed by atoms with Crippen LogP contribution in [0.25, 0.3) is 11.0 Å².